The fourth-order valence-electron chi connectivity index (χ4n) is 2.42. The van der Waals surface area contributed by atoms with Gasteiger partial charge < -0.3 is 11.1 Å². The van der Waals surface area contributed by atoms with Crippen LogP contribution in [0.4, 0.5) is 5.69 Å². The lowest BCUT2D eigenvalue weighted by atomic mass is 10.1. The number of carbonyl (C=O) groups is 1. The Morgan fingerprint density at radius 2 is 1.86 bits per heavy atom. The minimum atomic E-state index is -0.0501. The van der Waals surface area contributed by atoms with E-state index in [4.69, 9.17) is 5.73 Å². The molecule has 1 aromatic rings. The molecule has 1 rings (SSSR count). The smallest absolute Gasteiger partial charge is 0.251 e. The fourth-order valence-corrected chi connectivity index (χ4v) is 2.42. The molecule has 0 heterocycles. The normalized spacial score (nSPS) is 11.2. The van der Waals surface area contributed by atoms with Gasteiger partial charge in [0, 0.05) is 24.3 Å². The average molecular weight is 305 g/mol. The Hall–Kier alpha value is -1.55. The van der Waals surface area contributed by atoms with E-state index < -0.39 is 0 Å². The van der Waals surface area contributed by atoms with E-state index >= 15 is 0 Å². The molecule has 0 bridgehead atoms. The highest BCUT2D eigenvalue weighted by Gasteiger charge is 2.11. The number of nitrogen functional groups attached to an aromatic ring is 1. The van der Waals surface area contributed by atoms with Crippen molar-refractivity contribution in [1.29, 1.82) is 0 Å². The molecule has 0 aliphatic rings. The number of benzene rings is 1. The molecular weight excluding hydrogens is 274 g/mol. The van der Waals surface area contributed by atoms with Crippen LogP contribution in [0.15, 0.2) is 18.2 Å². The molecule has 0 aliphatic carbocycles. The summed E-state index contributed by atoms with van der Waals surface area (Å²) in [4.78, 5) is 14.5. The first-order chi connectivity index (χ1) is 10.5. The number of nitrogens with one attached hydrogen (secondary N) is 1. The van der Waals surface area contributed by atoms with Gasteiger partial charge in [0.25, 0.3) is 5.91 Å². The van der Waals surface area contributed by atoms with Gasteiger partial charge in [-0.15, -0.1) is 0 Å². The molecule has 124 valence electrons. The molecule has 3 N–H and O–H groups in total. The summed E-state index contributed by atoms with van der Waals surface area (Å²) in [7, 11) is 0. The Labute approximate surface area is 135 Å². The van der Waals surface area contributed by atoms with Gasteiger partial charge in [-0.1, -0.05) is 33.8 Å². The van der Waals surface area contributed by atoms with Gasteiger partial charge >= 0.3 is 0 Å². The number of hydrogen-bond donors (Lipinski definition) is 2. The van der Waals surface area contributed by atoms with E-state index in [1.54, 1.807) is 6.07 Å². The molecule has 0 aliphatic heterocycles. The Morgan fingerprint density at radius 1 is 1.23 bits per heavy atom. The van der Waals surface area contributed by atoms with Crippen LogP contribution in [0.2, 0.25) is 0 Å². The van der Waals surface area contributed by atoms with Crippen molar-refractivity contribution < 1.29 is 4.79 Å². The maximum atomic E-state index is 12.1. The average Bonchev–Trinajstić information content (AvgIpc) is 2.47. The fraction of sp³-hybridized carbons (Fsp3) is 0.611. The van der Waals surface area contributed by atoms with Gasteiger partial charge in [-0.25, -0.2) is 0 Å². The summed E-state index contributed by atoms with van der Waals surface area (Å²) in [5.41, 5.74) is 8.59. The Kier molecular flexibility index (Phi) is 7.96. The van der Waals surface area contributed by atoms with E-state index in [1.165, 1.54) is 0 Å². The van der Waals surface area contributed by atoms with E-state index in [1.807, 2.05) is 12.1 Å². The Balaban J connectivity index is 2.73. The highest BCUT2D eigenvalue weighted by Crippen LogP contribution is 2.17. The molecule has 1 aromatic carbocycles. The highest BCUT2D eigenvalue weighted by molar-refractivity contribution is 5.95. The molecular formula is C18H31N3O. The molecule has 0 saturated heterocycles. The minimum absolute atomic E-state index is 0.0501. The van der Waals surface area contributed by atoms with E-state index in [0.717, 1.165) is 38.0 Å². The molecule has 0 spiro atoms. The zero-order chi connectivity index (χ0) is 16.5. The zero-order valence-corrected chi connectivity index (χ0v) is 14.5. The molecule has 4 nitrogen and oxygen atoms in total. The van der Waals surface area contributed by atoms with Crippen LogP contribution < -0.4 is 11.1 Å². The van der Waals surface area contributed by atoms with Crippen LogP contribution in [0.1, 0.15) is 56.5 Å². The summed E-state index contributed by atoms with van der Waals surface area (Å²) in [6.07, 6.45) is 2.27. The Bertz CT molecular complexity index is 465. The molecule has 22 heavy (non-hydrogen) atoms. The van der Waals surface area contributed by atoms with Gasteiger partial charge in [-0.3, -0.25) is 9.69 Å². The summed E-state index contributed by atoms with van der Waals surface area (Å²) in [5, 5.41) is 2.92. The largest absolute Gasteiger partial charge is 0.398 e. The van der Waals surface area contributed by atoms with Crippen molar-refractivity contribution in [3.05, 3.63) is 29.3 Å². The lowest BCUT2D eigenvalue weighted by Crippen LogP contribution is -2.28. The Morgan fingerprint density at radius 3 is 2.36 bits per heavy atom. The number of nitrogens with two attached hydrogens (primary N) is 1. The van der Waals surface area contributed by atoms with E-state index in [-0.39, 0.29) is 5.91 Å². The maximum absolute atomic E-state index is 12.1. The van der Waals surface area contributed by atoms with E-state index in [9.17, 15) is 4.79 Å². The monoisotopic (exact) mass is 305 g/mol. The molecule has 0 atom stereocenters. The summed E-state index contributed by atoms with van der Waals surface area (Å²) >= 11 is 0. The minimum Gasteiger partial charge on any atom is -0.398 e. The predicted octanol–water partition coefficient (Wildman–Crippen LogP) is 3.28. The van der Waals surface area contributed by atoms with E-state index in [0.29, 0.717) is 23.7 Å². The number of anilines is 1. The van der Waals surface area contributed by atoms with Crippen molar-refractivity contribution in [3.8, 4) is 0 Å². The molecule has 0 radical (unpaired) electrons. The van der Waals surface area contributed by atoms with Crippen LogP contribution >= 0.6 is 0 Å². The molecule has 1 amide bonds. The van der Waals surface area contributed by atoms with Crippen molar-refractivity contribution in [3.63, 3.8) is 0 Å². The van der Waals surface area contributed by atoms with Crippen molar-refractivity contribution >= 4 is 11.6 Å². The van der Waals surface area contributed by atoms with Gasteiger partial charge in [0.15, 0.2) is 0 Å². The lowest BCUT2D eigenvalue weighted by molar-refractivity contribution is 0.0949. The van der Waals surface area contributed by atoms with Crippen LogP contribution in [0, 0.1) is 5.92 Å². The van der Waals surface area contributed by atoms with Crippen molar-refractivity contribution in [2.24, 2.45) is 5.92 Å². The third-order valence-electron chi connectivity index (χ3n) is 3.55. The van der Waals surface area contributed by atoms with Crippen molar-refractivity contribution in [2.45, 2.75) is 47.1 Å². The first kappa shape index (κ1) is 18.5. The second-order valence-electron chi connectivity index (χ2n) is 6.29. The third-order valence-corrected chi connectivity index (χ3v) is 3.55. The number of hydrogen-bond acceptors (Lipinski definition) is 3. The van der Waals surface area contributed by atoms with Gasteiger partial charge in [-0.2, -0.15) is 0 Å². The van der Waals surface area contributed by atoms with Crippen LogP contribution in [0.25, 0.3) is 0 Å². The molecule has 0 saturated carbocycles. The molecule has 0 unspecified atom stereocenters. The van der Waals surface area contributed by atoms with Gasteiger partial charge in [-0.05, 0) is 49.5 Å². The van der Waals surface area contributed by atoms with Gasteiger partial charge in [0.2, 0.25) is 0 Å². The number of nitrogens with zero attached hydrogens (tertiary/aromatic N) is 1. The molecule has 4 heteroatoms. The standard InChI is InChI=1S/C18H31N3O/c1-5-9-21(10-6-2)13-16-8-7-15(11-17(16)19)18(22)20-12-14(3)4/h7-8,11,14H,5-6,9-10,12-13,19H2,1-4H3,(H,20,22). The van der Waals surface area contributed by atoms with Crippen LogP contribution in [-0.4, -0.2) is 30.4 Å². The van der Waals surface area contributed by atoms with Gasteiger partial charge in [0.05, 0.1) is 0 Å². The first-order valence-electron chi connectivity index (χ1n) is 8.36. The summed E-state index contributed by atoms with van der Waals surface area (Å²) < 4.78 is 0. The van der Waals surface area contributed by atoms with Crippen LogP contribution in [0.5, 0.6) is 0 Å². The zero-order valence-electron chi connectivity index (χ0n) is 14.5. The maximum Gasteiger partial charge on any atom is 0.251 e. The number of amides is 1. The highest BCUT2D eigenvalue weighted by atomic mass is 16.1. The predicted molar refractivity (Wildman–Crippen MR) is 93.9 cm³/mol. The lowest BCUT2D eigenvalue weighted by Gasteiger charge is -2.22. The van der Waals surface area contributed by atoms with Gasteiger partial charge in [0.1, 0.15) is 0 Å². The summed E-state index contributed by atoms with van der Waals surface area (Å²) in [6.45, 7) is 12.2. The molecule has 0 aromatic heterocycles. The summed E-state index contributed by atoms with van der Waals surface area (Å²) in [6, 6.07) is 5.65. The first-order valence-corrected chi connectivity index (χ1v) is 8.36. The molecule has 0 fully saturated rings. The SMILES string of the molecule is CCCN(CCC)Cc1ccc(C(=O)NCC(C)C)cc1N. The second-order valence-corrected chi connectivity index (χ2v) is 6.29. The van der Waals surface area contributed by atoms with Crippen molar-refractivity contribution in [2.75, 3.05) is 25.4 Å². The third kappa shape index (κ3) is 6.06. The summed E-state index contributed by atoms with van der Waals surface area (Å²) in [5.74, 6) is 0.392. The van der Waals surface area contributed by atoms with E-state index in [2.05, 4.69) is 37.9 Å². The second kappa shape index (κ2) is 9.46. The van der Waals surface area contributed by atoms with Crippen LogP contribution in [0.3, 0.4) is 0 Å². The number of carbonyl (C=O) groups excluding carboxylic acids is 1. The van der Waals surface area contributed by atoms with Crippen molar-refractivity contribution in [1.82, 2.24) is 10.2 Å². The topological polar surface area (TPSA) is 58.4 Å². The number of rotatable bonds is 9. The quantitative estimate of drug-likeness (QED) is 0.688. The van der Waals surface area contributed by atoms with Crippen LogP contribution in [-0.2, 0) is 6.54 Å².